The maximum Gasteiger partial charge on any atom is 0.214 e. The maximum absolute atomic E-state index is 13.5. The molecule has 0 amide bonds. The molecule has 7 heteroatoms. The summed E-state index contributed by atoms with van der Waals surface area (Å²) in [6, 6.07) is 18.1. The molecule has 0 bridgehead atoms. The average molecular weight is 434 g/mol. The topological polar surface area (TPSA) is 52.5 Å². The van der Waals surface area contributed by atoms with E-state index < -0.39 is 6.23 Å². The molecular formula is C25H23FN2O4. The highest BCUT2D eigenvalue weighted by Crippen LogP contribution is 2.49. The molecule has 0 N–H and O–H groups in total. The molecule has 0 saturated carbocycles. The minimum absolute atomic E-state index is 0.0101. The van der Waals surface area contributed by atoms with Crippen molar-refractivity contribution in [2.45, 2.75) is 18.7 Å². The number of methoxy groups -OCH3 is 3. The summed E-state index contributed by atoms with van der Waals surface area (Å²) in [5.41, 5.74) is 3.66. The van der Waals surface area contributed by atoms with E-state index in [4.69, 9.17) is 24.0 Å². The van der Waals surface area contributed by atoms with Crippen molar-refractivity contribution in [2.24, 2.45) is 5.10 Å². The Kier molecular flexibility index (Phi) is 5.09. The molecule has 0 fully saturated rings. The number of hydrogen-bond acceptors (Lipinski definition) is 6. The van der Waals surface area contributed by atoms with Gasteiger partial charge >= 0.3 is 0 Å². The van der Waals surface area contributed by atoms with Crippen molar-refractivity contribution >= 4 is 5.71 Å². The van der Waals surface area contributed by atoms with E-state index in [0.29, 0.717) is 23.7 Å². The predicted octanol–water partition coefficient (Wildman–Crippen LogP) is 5.09. The van der Waals surface area contributed by atoms with Crippen LogP contribution in [0.3, 0.4) is 0 Å². The van der Waals surface area contributed by atoms with Gasteiger partial charge in [0, 0.05) is 17.5 Å². The highest BCUT2D eigenvalue weighted by Gasteiger charge is 2.41. The third-order valence-corrected chi connectivity index (χ3v) is 5.85. The van der Waals surface area contributed by atoms with E-state index in [1.807, 2.05) is 35.3 Å². The molecule has 2 heterocycles. The fourth-order valence-corrected chi connectivity index (χ4v) is 4.31. The third-order valence-electron chi connectivity index (χ3n) is 5.85. The molecule has 3 aromatic rings. The first-order chi connectivity index (χ1) is 15.6. The van der Waals surface area contributed by atoms with Crippen molar-refractivity contribution < 1.29 is 23.3 Å². The maximum atomic E-state index is 13.5. The number of rotatable bonds is 5. The van der Waals surface area contributed by atoms with Crippen molar-refractivity contribution in [3.8, 4) is 23.0 Å². The highest BCUT2D eigenvalue weighted by molar-refractivity contribution is 6.01. The molecule has 0 aliphatic carbocycles. The van der Waals surface area contributed by atoms with Gasteiger partial charge in [-0.05, 0) is 35.9 Å². The van der Waals surface area contributed by atoms with Crippen molar-refractivity contribution in [3.05, 3.63) is 83.2 Å². The molecule has 0 aromatic heterocycles. The number of para-hydroxylation sites is 1. The first-order valence-electron chi connectivity index (χ1n) is 10.3. The number of hydrogen-bond donors (Lipinski definition) is 0. The summed E-state index contributed by atoms with van der Waals surface area (Å²) in [5.74, 6) is 2.14. The molecule has 0 unspecified atom stereocenters. The third kappa shape index (κ3) is 3.30. The quantitative estimate of drug-likeness (QED) is 0.560. The lowest BCUT2D eigenvalue weighted by atomic mass is 9.96. The van der Waals surface area contributed by atoms with E-state index in [9.17, 15) is 4.39 Å². The molecule has 2 atom stereocenters. The first kappa shape index (κ1) is 20.2. The van der Waals surface area contributed by atoms with Gasteiger partial charge in [0.2, 0.25) is 12.0 Å². The molecular weight excluding hydrogens is 411 g/mol. The number of fused-ring (bicyclic) bond motifs is 3. The van der Waals surface area contributed by atoms with Gasteiger partial charge in [-0.2, -0.15) is 5.10 Å². The number of ether oxygens (including phenoxy) is 4. The number of hydrazone groups is 1. The van der Waals surface area contributed by atoms with Gasteiger partial charge in [0.15, 0.2) is 11.5 Å². The zero-order valence-corrected chi connectivity index (χ0v) is 18.0. The Hall–Kier alpha value is -3.74. The van der Waals surface area contributed by atoms with Gasteiger partial charge in [-0.3, -0.25) is 0 Å². The van der Waals surface area contributed by atoms with Crippen LogP contribution < -0.4 is 18.9 Å². The van der Waals surface area contributed by atoms with E-state index in [1.54, 1.807) is 33.5 Å². The lowest BCUT2D eigenvalue weighted by Gasteiger charge is -2.38. The Balaban J connectivity index is 1.61. The smallest absolute Gasteiger partial charge is 0.214 e. The van der Waals surface area contributed by atoms with Crippen LogP contribution in [0.5, 0.6) is 23.0 Å². The average Bonchev–Trinajstić information content (AvgIpc) is 3.28. The summed E-state index contributed by atoms with van der Waals surface area (Å²) < 4.78 is 36.4. The second-order valence-corrected chi connectivity index (χ2v) is 7.62. The van der Waals surface area contributed by atoms with Crippen LogP contribution in [0.2, 0.25) is 0 Å². The van der Waals surface area contributed by atoms with Crippen molar-refractivity contribution in [2.75, 3.05) is 21.3 Å². The van der Waals surface area contributed by atoms with Crippen molar-refractivity contribution in [1.82, 2.24) is 5.01 Å². The standard InChI is InChI=1S/C25H23FN2O4/c1-29-22-12-16(13-23(30-2)24(22)31-3)25-28-20(18-6-4-5-7-21(18)32-25)14-19(27-28)15-8-10-17(26)11-9-15/h4-13,20,25H,14H2,1-3H3/t20-,25+/m1/s1. The van der Waals surface area contributed by atoms with Gasteiger partial charge in [-0.25, -0.2) is 9.40 Å². The van der Waals surface area contributed by atoms with Crippen LogP contribution in [0.4, 0.5) is 4.39 Å². The fourth-order valence-electron chi connectivity index (χ4n) is 4.31. The van der Waals surface area contributed by atoms with Gasteiger partial charge in [0.25, 0.3) is 0 Å². The molecule has 0 radical (unpaired) electrons. The lowest BCUT2D eigenvalue weighted by Crippen LogP contribution is -2.33. The Labute approximate surface area is 185 Å². The number of nitrogens with zero attached hydrogens (tertiary/aromatic N) is 2. The van der Waals surface area contributed by atoms with Gasteiger partial charge in [-0.1, -0.05) is 30.3 Å². The second-order valence-electron chi connectivity index (χ2n) is 7.62. The van der Waals surface area contributed by atoms with Crippen LogP contribution in [0.25, 0.3) is 0 Å². The minimum Gasteiger partial charge on any atom is -0.493 e. The Morgan fingerprint density at radius 3 is 2.28 bits per heavy atom. The van der Waals surface area contributed by atoms with Crippen LogP contribution in [-0.4, -0.2) is 32.0 Å². The molecule has 3 aromatic carbocycles. The number of benzene rings is 3. The van der Waals surface area contributed by atoms with Gasteiger partial charge in [0.05, 0.1) is 33.1 Å². The summed E-state index contributed by atoms with van der Waals surface area (Å²) in [4.78, 5) is 0. The Morgan fingerprint density at radius 2 is 1.62 bits per heavy atom. The van der Waals surface area contributed by atoms with E-state index in [0.717, 1.165) is 28.2 Å². The monoisotopic (exact) mass is 434 g/mol. The van der Waals surface area contributed by atoms with E-state index in [-0.39, 0.29) is 11.9 Å². The summed E-state index contributed by atoms with van der Waals surface area (Å²) in [5, 5.41) is 6.87. The van der Waals surface area contributed by atoms with Crippen LogP contribution in [0.15, 0.2) is 65.8 Å². The second kappa shape index (κ2) is 8.07. The van der Waals surface area contributed by atoms with E-state index >= 15 is 0 Å². The zero-order chi connectivity index (χ0) is 22.2. The zero-order valence-electron chi connectivity index (χ0n) is 18.0. The Morgan fingerprint density at radius 1 is 0.938 bits per heavy atom. The summed E-state index contributed by atoms with van der Waals surface area (Å²) >= 11 is 0. The fraction of sp³-hybridized carbons (Fsp3) is 0.240. The molecule has 2 aliphatic rings. The van der Waals surface area contributed by atoms with Crippen LogP contribution in [0, 0.1) is 5.82 Å². The normalized spacial score (nSPS) is 18.9. The summed E-state index contributed by atoms with van der Waals surface area (Å²) in [6.07, 6.45) is 0.189. The molecule has 32 heavy (non-hydrogen) atoms. The predicted molar refractivity (Wildman–Crippen MR) is 118 cm³/mol. The van der Waals surface area contributed by atoms with E-state index in [1.165, 1.54) is 12.1 Å². The van der Waals surface area contributed by atoms with Crippen LogP contribution in [0.1, 0.15) is 35.4 Å². The van der Waals surface area contributed by atoms with Gasteiger partial charge in [-0.15, -0.1) is 0 Å². The van der Waals surface area contributed by atoms with Crippen molar-refractivity contribution in [1.29, 1.82) is 0 Å². The summed E-state index contributed by atoms with van der Waals surface area (Å²) in [7, 11) is 4.74. The Bertz CT molecular complexity index is 1150. The minimum atomic E-state index is -0.499. The van der Waals surface area contributed by atoms with Crippen LogP contribution in [-0.2, 0) is 0 Å². The molecule has 0 saturated heterocycles. The summed E-state index contributed by atoms with van der Waals surface area (Å²) in [6.45, 7) is 0. The van der Waals surface area contributed by atoms with Gasteiger partial charge < -0.3 is 18.9 Å². The van der Waals surface area contributed by atoms with Crippen LogP contribution >= 0.6 is 0 Å². The lowest BCUT2D eigenvalue weighted by molar-refractivity contribution is -0.0192. The van der Waals surface area contributed by atoms with E-state index in [2.05, 4.69) is 6.07 Å². The molecule has 164 valence electrons. The van der Waals surface area contributed by atoms with Gasteiger partial charge in [0.1, 0.15) is 11.6 Å². The molecule has 5 rings (SSSR count). The molecule has 0 spiro atoms. The van der Waals surface area contributed by atoms with Crippen molar-refractivity contribution in [3.63, 3.8) is 0 Å². The SMILES string of the molecule is COc1cc([C@@H]2Oc3ccccc3[C@H]3CC(c4ccc(F)cc4)=NN32)cc(OC)c1OC. The first-order valence-corrected chi connectivity index (χ1v) is 10.3. The molecule has 2 aliphatic heterocycles. The highest BCUT2D eigenvalue weighted by atomic mass is 19.1. The number of halogens is 1. The largest absolute Gasteiger partial charge is 0.493 e. The molecule has 6 nitrogen and oxygen atoms in total.